The molecule has 3 heterocycles. The Labute approximate surface area is 172 Å². The first kappa shape index (κ1) is 19.2. The fourth-order valence-corrected chi connectivity index (χ4v) is 4.84. The predicted molar refractivity (Wildman–Crippen MR) is 110 cm³/mol. The van der Waals surface area contributed by atoms with Crippen LogP contribution < -0.4 is 0 Å². The molecular weight excluding hydrogens is 396 g/mol. The predicted octanol–water partition coefficient (Wildman–Crippen LogP) is 3.92. The number of benzene rings is 1. The fraction of sp³-hybridized carbons (Fsp3) is 0.333. The van der Waals surface area contributed by atoms with Crippen LogP contribution in [0.5, 0.6) is 0 Å². The van der Waals surface area contributed by atoms with Crippen LogP contribution in [0.15, 0.2) is 47.4 Å². The summed E-state index contributed by atoms with van der Waals surface area (Å²) in [6.07, 6.45) is 2.34. The highest BCUT2D eigenvalue weighted by Crippen LogP contribution is 2.41. The summed E-state index contributed by atoms with van der Waals surface area (Å²) in [6, 6.07) is 9.85. The number of amides is 1. The van der Waals surface area contributed by atoms with E-state index in [9.17, 15) is 14.7 Å². The maximum absolute atomic E-state index is 12.9. The first-order valence-electron chi connectivity index (χ1n) is 9.36. The number of nitrogens with zero attached hydrogens (tertiary/aromatic N) is 2. The van der Waals surface area contributed by atoms with E-state index in [2.05, 4.69) is 4.90 Å². The number of rotatable bonds is 5. The molecule has 0 saturated carbocycles. The number of thiophene rings is 1. The Bertz CT molecular complexity index is 902. The maximum Gasteiger partial charge on any atom is 0.295 e. The molecule has 5 nitrogen and oxygen atoms in total. The number of hydrogen-bond donors (Lipinski definition) is 1. The average Bonchev–Trinajstić information content (AvgIpc) is 3.43. The van der Waals surface area contributed by atoms with Crippen LogP contribution in [-0.2, 0) is 9.59 Å². The Morgan fingerprint density at radius 3 is 2.46 bits per heavy atom. The summed E-state index contributed by atoms with van der Waals surface area (Å²) in [4.78, 5) is 30.5. The highest BCUT2D eigenvalue weighted by molar-refractivity contribution is 7.10. The van der Waals surface area contributed by atoms with Crippen molar-refractivity contribution in [3.8, 4) is 0 Å². The summed E-state index contributed by atoms with van der Waals surface area (Å²) in [7, 11) is 0. The van der Waals surface area contributed by atoms with Crippen LogP contribution in [0, 0.1) is 0 Å². The largest absolute Gasteiger partial charge is 0.507 e. The van der Waals surface area contributed by atoms with E-state index in [1.165, 1.54) is 24.2 Å². The normalized spacial score (nSPS) is 22.3. The van der Waals surface area contributed by atoms with E-state index in [0.29, 0.717) is 17.1 Å². The van der Waals surface area contributed by atoms with Gasteiger partial charge in [-0.05, 0) is 61.6 Å². The van der Waals surface area contributed by atoms with E-state index in [1.807, 2.05) is 17.5 Å². The van der Waals surface area contributed by atoms with Gasteiger partial charge in [-0.3, -0.25) is 9.59 Å². The summed E-state index contributed by atoms with van der Waals surface area (Å²) < 4.78 is 0. The van der Waals surface area contributed by atoms with Gasteiger partial charge in [0.05, 0.1) is 11.6 Å². The molecule has 2 aliphatic heterocycles. The maximum atomic E-state index is 12.9. The van der Waals surface area contributed by atoms with E-state index in [0.717, 1.165) is 24.5 Å². The monoisotopic (exact) mass is 416 g/mol. The number of carbonyl (C=O) groups excluding carboxylic acids is 2. The van der Waals surface area contributed by atoms with Gasteiger partial charge < -0.3 is 14.9 Å². The molecule has 1 amide bonds. The van der Waals surface area contributed by atoms with Crippen molar-refractivity contribution < 1.29 is 14.7 Å². The van der Waals surface area contributed by atoms with Crippen molar-refractivity contribution in [1.82, 2.24) is 9.80 Å². The zero-order valence-corrected chi connectivity index (χ0v) is 16.9. The third-order valence-corrected chi connectivity index (χ3v) is 6.50. The number of Topliss-reactive ketones (excluding diaryl/α,β-unsaturated/α-hetero) is 1. The molecule has 1 aromatic heterocycles. The average molecular weight is 417 g/mol. The van der Waals surface area contributed by atoms with Gasteiger partial charge in [0.25, 0.3) is 11.7 Å². The van der Waals surface area contributed by atoms with Crippen molar-refractivity contribution in [2.24, 2.45) is 0 Å². The molecule has 0 bridgehead atoms. The van der Waals surface area contributed by atoms with Crippen LogP contribution in [0.4, 0.5) is 0 Å². The van der Waals surface area contributed by atoms with Gasteiger partial charge in [0, 0.05) is 28.6 Å². The number of aliphatic hydroxyl groups excluding tert-OH is 1. The molecule has 2 aliphatic rings. The first-order valence-corrected chi connectivity index (χ1v) is 10.6. The van der Waals surface area contributed by atoms with Crippen molar-refractivity contribution in [2.75, 3.05) is 26.2 Å². The van der Waals surface area contributed by atoms with Gasteiger partial charge in [0.2, 0.25) is 0 Å². The van der Waals surface area contributed by atoms with Crippen molar-refractivity contribution >= 4 is 40.4 Å². The fourth-order valence-electron chi connectivity index (χ4n) is 3.87. The Hall–Kier alpha value is -2.15. The molecule has 1 aromatic carbocycles. The number of ketones is 1. The third-order valence-electron chi connectivity index (χ3n) is 5.33. The van der Waals surface area contributed by atoms with Crippen LogP contribution >= 0.6 is 22.9 Å². The standard InChI is InChI=1S/C21H21ClN2O3S/c22-15-7-5-14(6-8-15)19(25)17-18(16-4-3-13-28-16)24(21(27)20(17)26)12-11-23-9-1-2-10-23/h3-8,13,18,25H,1-2,9-12H2/b19-17+. The van der Waals surface area contributed by atoms with Crippen LogP contribution in [0.25, 0.3) is 5.76 Å². The summed E-state index contributed by atoms with van der Waals surface area (Å²) >= 11 is 7.41. The molecule has 4 rings (SSSR count). The third kappa shape index (κ3) is 3.60. The highest BCUT2D eigenvalue weighted by atomic mass is 35.5. The second-order valence-electron chi connectivity index (χ2n) is 7.06. The second-order valence-corrected chi connectivity index (χ2v) is 8.48. The van der Waals surface area contributed by atoms with Crippen LogP contribution in [0.2, 0.25) is 5.02 Å². The lowest BCUT2D eigenvalue weighted by molar-refractivity contribution is -0.140. The number of halogens is 1. The first-order chi connectivity index (χ1) is 13.6. The van der Waals surface area contributed by atoms with E-state index in [4.69, 9.17) is 11.6 Å². The van der Waals surface area contributed by atoms with Gasteiger partial charge in [0.1, 0.15) is 5.76 Å². The molecule has 0 spiro atoms. The number of hydrogen-bond acceptors (Lipinski definition) is 5. The van der Waals surface area contributed by atoms with E-state index in [1.54, 1.807) is 29.2 Å². The molecular formula is C21H21ClN2O3S. The molecule has 0 radical (unpaired) electrons. The molecule has 146 valence electrons. The zero-order valence-electron chi connectivity index (χ0n) is 15.3. The smallest absolute Gasteiger partial charge is 0.295 e. The van der Waals surface area contributed by atoms with Gasteiger partial charge in [-0.15, -0.1) is 11.3 Å². The Morgan fingerprint density at radius 1 is 1.11 bits per heavy atom. The second kappa shape index (κ2) is 8.07. The van der Waals surface area contributed by atoms with Crippen LogP contribution in [-0.4, -0.2) is 52.8 Å². The van der Waals surface area contributed by atoms with Gasteiger partial charge in [0.15, 0.2) is 0 Å². The lowest BCUT2D eigenvalue weighted by atomic mass is 10.00. The lowest BCUT2D eigenvalue weighted by Gasteiger charge is -2.26. The summed E-state index contributed by atoms with van der Waals surface area (Å²) in [6.45, 7) is 3.25. The topological polar surface area (TPSA) is 60.9 Å². The lowest BCUT2D eigenvalue weighted by Crippen LogP contribution is -2.36. The van der Waals surface area contributed by atoms with Crippen LogP contribution in [0.3, 0.4) is 0 Å². The number of aliphatic hydroxyl groups is 1. The van der Waals surface area contributed by atoms with E-state index >= 15 is 0 Å². The van der Waals surface area contributed by atoms with Crippen molar-refractivity contribution in [3.63, 3.8) is 0 Å². The molecule has 1 unspecified atom stereocenters. The van der Waals surface area contributed by atoms with Crippen molar-refractivity contribution in [1.29, 1.82) is 0 Å². The van der Waals surface area contributed by atoms with Gasteiger partial charge in [-0.25, -0.2) is 0 Å². The molecule has 1 atom stereocenters. The van der Waals surface area contributed by atoms with Crippen molar-refractivity contribution in [2.45, 2.75) is 18.9 Å². The van der Waals surface area contributed by atoms with Crippen molar-refractivity contribution in [3.05, 3.63) is 62.8 Å². The number of likely N-dealkylation sites (tertiary alicyclic amines) is 2. The zero-order chi connectivity index (χ0) is 19.7. The Kier molecular flexibility index (Phi) is 5.53. The molecule has 2 saturated heterocycles. The Balaban J connectivity index is 1.71. The highest BCUT2D eigenvalue weighted by Gasteiger charge is 2.46. The van der Waals surface area contributed by atoms with Crippen LogP contribution in [0.1, 0.15) is 29.3 Å². The van der Waals surface area contributed by atoms with Gasteiger partial charge in [-0.2, -0.15) is 0 Å². The molecule has 0 aliphatic carbocycles. The molecule has 1 N–H and O–H groups in total. The SMILES string of the molecule is O=C1C(=O)N(CCN2CCCC2)C(c2cccs2)/C1=C(\O)c1ccc(Cl)cc1. The number of carbonyl (C=O) groups is 2. The summed E-state index contributed by atoms with van der Waals surface area (Å²) in [5.41, 5.74) is 0.625. The molecule has 2 fully saturated rings. The molecule has 2 aromatic rings. The minimum atomic E-state index is -0.632. The van der Waals surface area contributed by atoms with Gasteiger partial charge in [-0.1, -0.05) is 17.7 Å². The summed E-state index contributed by atoms with van der Waals surface area (Å²) in [5, 5.41) is 13.4. The quantitative estimate of drug-likeness (QED) is 0.456. The van der Waals surface area contributed by atoms with E-state index in [-0.39, 0.29) is 11.3 Å². The minimum absolute atomic E-state index is 0.149. The molecule has 7 heteroatoms. The van der Waals surface area contributed by atoms with Gasteiger partial charge >= 0.3 is 0 Å². The van der Waals surface area contributed by atoms with E-state index < -0.39 is 17.7 Å². The minimum Gasteiger partial charge on any atom is -0.507 e. The Morgan fingerprint density at radius 2 is 1.82 bits per heavy atom. The molecule has 28 heavy (non-hydrogen) atoms. The summed E-state index contributed by atoms with van der Waals surface area (Å²) in [5.74, 6) is -1.34.